The summed E-state index contributed by atoms with van der Waals surface area (Å²) in [4.78, 5) is 2.59. The van der Waals surface area contributed by atoms with Crippen molar-refractivity contribution in [3.63, 3.8) is 0 Å². The fourth-order valence-electron chi connectivity index (χ4n) is 3.81. The Morgan fingerprint density at radius 1 is 0.515 bits per heavy atom. The van der Waals surface area contributed by atoms with Crippen LogP contribution in [0.4, 0.5) is 0 Å². The molecule has 0 N–H and O–H groups in total. The summed E-state index contributed by atoms with van der Waals surface area (Å²) in [5.41, 5.74) is 0. The van der Waals surface area contributed by atoms with Gasteiger partial charge in [0.2, 0.25) is 0 Å². The molecule has 0 aliphatic rings. The molecule has 0 spiro atoms. The second-order valence-corrected chi connectivity index (χ2v) is 16.0. The van der Waals surface area contributed by atoms with Gasteiger partial charge in [-0.05, 0) is 0 Å². The molecule has 0 aromatic carbocycles. The normalized spacial score (nSPS) is 13.7. The monoisotopic (exact) mass is 515 g/mol. The van der Waals surface area contributed by atoms with Crippen LogP contribution < -0.4 is 0 Å². The van der Waals surface area contributed by atoms with E-state index in [0.29, 0.717) is 0 Å². The first kappa shape index (κ1) is 33.6. The van der Waals surface area contributed by atoms with E-state index in [1.807, 2.05) is 0 Å². The number of ether oxygens (including phenoxy) is 1. The fourth-order valence-corrected chi connectivity index (χ4v) is 9.70. The Bertz CT molecular complexity index is 384. The maximum absolute atomic E-state index is 6.42. The molecule has 0 rings (SSSR count). The Morgan fingerprint density at radius 3 is 1.21 bits per heavy atom. The van der Waals surface area contributed by atoms with E-state index in [0.717, 1.165) is 116 Å². The average molecular weight is 516 g/mol. The van der Waals surface area contributed by atoms with E-state index >= 15 is 0 Å². The van der Waals surface area contributed by atoms with Gasteiger partial charge in [-0.3, -0.25) is 0 Å². The average Bonchev–Trinajstić information content (AvgIpc) is 2.85. The zero-order valence-corrected chi connectivity index (χ0v) is 25.2. The van der Waals surface area contributed by atoms with E-state index in [9.17, 15) is 0 Å². The van der Waals surface area contributed by atoms with Crippen LogP contribution in [-0.2, 0) is 22.8 Å². The van der Waals surface area contributed by atoms with Crippen molar-refractivity contribution in [2.75, 3.05) is 83.9 Å². The van der Waals surface area contributed by atoms with Crippen LogP contribution in [-0.4, -0.2) is 88.8 Å². The molecule has 0 radical (unpaired) electrons. The van der Waals surface area contributed by atoms with Crippen molar-refractivity contribution in [1.29, 1.82) is 0 Å². The molecule has 0 bridgehead atoms. The molecule has 0 atom stereocenters. The first-order valence-corrected chi connectivity index (χ1v) is 18.3. The number of hydrogen-bond donors (Lipinski definition) is 0. The molecular formula is C25H59NO5P2. The third-order valence-corrected chi connectivity index (χ3v) is 13.0. The standard InChI is InChI=1S/C25H59NO5P2/c1-8-19-28-32(13-6,29-20-9-2)24-17-26(16-15-23-27-12-5)18-25-33(14-7,30-21-10-3)31-22-11-4/h32-33H,8-25H2,1-7H3. The Kier molecular flexibility index (Phi) is 22.3. The van der Waals surface area contributed by atoms with Crippen molar-refractivity contribution >= 4 is 15.4 Å². The molecule has 0 amide bonds. The SMILES string of the molecule is CCCO[PH](CC)(CCN(CCCOCC)CC[PH](CC)(OCCC)OCCC)OCCC. The predicted molar refractivity (Wildman–Crippen MR) is 150 cm³/mol. The summed E-state index contributed by atoms with van der Waals surface area (Å²) in [5.74, 6) is 0. The molecule has 0 aliphatic heterocycles. The molecule has 8 heteroatoms. The van der Waals surface area contributed by atoms with Crippen LogP contribution in [0, 0.1) is 0 Å². The van der Waals surface area contributed by atoms with Gasteiger partial charge in [0.15, 0.2) is 0 Å². The van der Waals surface area contributed by atoms with Crippen molar-refractivity contribution in [2.24, 2.45) is 0 Å². The summed E-state index contributed by atoms with van der Waals surface area (Å²) in [5, 5.41) is 0. The predicted octanol–water partition coefficient (Wildman–Crippen LogP) is 6.62. The number of rotatable bonds is 25. The molecule has 0 aliphatic carbocycles. The van der Waals surface area contributed by atoms with Gasteiger partial charge in [0.05, 0.1) is 0 Å². The van der Waals surface area contributed by atoms with Gasteiger partial charge in [0, 0.05) is 0 Å². The van der Waals surface area contributed by atoms with Gasteiger partial charge in [0.25, 0.3) is 0 Å². The van der Waals surface area contributed by atoms with Crippen LogP contribution in [0.2, 0.25) is 0 Å². The van der Waals surface area contributed by atoms with Gasteiger partial charge in [-0.25, -0.2) is 0 Å². The van der Waals surface area contributed by atoms with Gasteiger partial charge < -0.3 is 0 Å². The van der Waals surface area contributed by atoms with Crippen LogP contribution in [0.3, 0.4) is 0 Å². The van der Waals surface area contributed by atoms with E-state index < -0.39 is 15.4 Å². The third kappa shape index (κ3) is 15.4. The van der Waals surface area contributed by atoms with E-state index in [-0.39, 0.29) is 0 Å². The summed E-state index contributed by atoms with van der Waals surface area (Å²) in [6.45, 7) is 23.1. The van der Waals surface area contributed by atoms with Gasteiger partial charge >= 0.3 is 208 Å². The first-order valence-electron chi connectivity index (χ1n) is 13.9. The quantitative estimate of drug-likeness (QED) is 0.101. The molecular weight excluding hydrogens is 456 g/mol. The van der Waals surface area contributed by atoms with E-state index in [4.69, 9.17) is 22.8 Å². The molecule has 0 unspecified atom stereocenters. The topological polar surface area (TPSA) is 49.4 Å². The molecule has 33 heavy (non-hydrogen) atoms. The molecule has 6 nitrogen and oxygen atoms in total. The minimum atomic E-state index is -2.18. The molecule has 0 aromatic heterocycles. The summed E-state index contributed by atoms with van der Waals surface area (Å²) < 4.78 is 31.3. The molecule has 0 saturated heterocycles. The molecule has 0 aromatic rings. The summed E-state index contributed by atoms with van der Waals surface area (Å²) in [7, 11) is -4.36. The van der Waals surface area contributed by atoms with Gasteiger partial charge in [-0.2, -0.15) is 0 Å². The van der Waals surface area contributed by atoms with E-state index in [1.165, 1.54) is 0 Å². The van der Waals surface area contributed by atoms with Gasteiger partial charge in [0.1, 0.15) is 0 Å². The Labute approximate surface area is 207 Å². The van der Waals surface area contributed by atoms with Crippen LogP contribution >= 0.6 is 15.4 Å². The van der Waals surface area contributed by atoms with Crippen molar-refractivity contribution in [3.05, 3.63) is 0 Å². The zero-order chi connectivity index (χ0) is 24.8. The van der Waals surface area contributed by atoms with E-state index in [2.05, 4.69) is 53.4 Å². The Balaban J connectivity index is 5.27. The van der Waals surface area contributed by atoms with Crippen LogP contribution in [0.1, 0.15) is 80.6 Å². The third-order valence-electron chi connectivity index (χ3n) is 5.94. The second-order valence-electron chi connectivity index (χ2n) is 8.81. The fraction of sp³-hybridized carbons (Fsp3) is 1.00. The summed E-state index contributed by atoms with van der Waals surface area (Å²) >= 11 is 0. The second kappa shape index (κ2) is 21.9. The van der Waals surface area contributed by atoms with Crippen molar-refractivity contribution < 1.29 is 22.8 Å². The van der Waals surface area contributed by atoms with Crippen molar-refractivity contribution in [1.82, 2.24) is 4.90 Å². The molecule has 0 fully saturated rings. The Hall–Kier alpha value is 0.620. The van der Waals surface area contributed by atoms with Crippen LogP contribution in [0.15, 0.2) is 0 Å². The molecule has 0 heterocycles. The summed E-state index contributed by atoms with van der Waals surface area (Å²) in [6.07, 6.45) is 9.25. The van der Waals surface area contributed by atoms with Crippen molar-refractivity contribution in [2.45, 2.75) is 80.6 Å². The number of nitrogens with zero attached hydrogens (tertiary/aromatic N) is 1. The van der Waals surface area contributed by atoms with E-state index in [1.54, 1.807) is 0 Å². The van der Waals surface area contributed by atoms with Gasteiger partial charge in [-0.1, -0.05) is 0 Å². The van der Waals surface area contributed by atoms with Gasteiger partial charge in [-0.15, -0.1) is 0 Å². The number of hydrogen-bond acceptors (Lipinski definition) is 6. The Morgan fingerprint density at radius 2 is 0.909 bits per heavy atom. The molecule has 0 saturated carbocycles. The summed E-state index contributed by atoms with van der Waals surface area (Å²) in [6, 6.07) is 0. The van der Waals surface area contributed by atoms with Crippen LogP contribution in [0.5, 0.6) is 0 Å². The minimum absolute atomic E-state index is 0.781. The first-order chi connectivity index (χ1) is 16.0. The maximum atomic E-state index is 6.42. The van der Waals surface area contributed by atoms with Crippen LogP contribution in [0.25, 0.3) is 0 Å². The molecule has 204 valence electrons. The zero-order valence-electron chi connectivity index (χ0n) is 23.2. The van der Waals surface area contributed by atoms with Crippen molar-refractivity contribution in [3.8, 4) is 0 Å².